The summed E-state index contributed by atoms with van der Waals surface area (Å²) < 4.78 is 53.1. The topological polar surface area (TPSA) is 103 Å². The highest BCUT2D eigenvalue weighted by Gasteiger charge is 2.41. The Bertz CT molecular complexity index is 1610. The van der Waals surface area contributed by atoms with Crippen LogP contribution in [0.2, 0.25) is 18.1 Å². The van der Waals surface area contributed by atoms with Crippen LogP contribution in [0.3, 0.4) is 0 Å². The number of hydrogen-bond donors (Lipinski definition) is 1. The molecule has 0 heterocycles. The number of aliphatic hydroxyl groups excluding tert-OH is 1. The maximum Gasteiger partial charge on any atom is 0.193 e. The third kappa shape index (κ3) is 11.7. The lowest BCUT2D eigenvalue weighted by atomic mass is 9.97. The van der Waals surface area contributed by atoms with E-state index in [9.17, 15) is 5.11 Å². The fourth-order valence-corrected chi connectivity index (χ4v) is 6.37. The van der Waals surface area contributed by atoms with Gasteiger partial charge < -0.3 is 47.4 Å². The van der Waals surface area contributed by atoms with Crippen molar-refractivity contribution in [2.75, 3.05) is 41.7 Å². The predicted octanol–water partition coefficient (Wildman–Crippen LogP) is 8.46. The smallest absolute Gasteiger partial charge is 0.193 e. The normalized spacial score (nSPS) is 12.9. The maximum atomic E-state index is 12.3. The molecule has 0 bridgehead atoms. The Kier molecular flexibility index (Phi) is 15.4. The molecule has 4 rings (SSSR count). The lowest BCUT2D eigenvalue weighted by Crippen LogP contribution is -2.44. The summed E-state index contributed by atoms with van der Waals surface area (Å²) in [5.41, 5.74) is 3.39. The summed E-state index contributed by atoms with van der Waals surface area (Å²) in [7, 11) is 2.16. The molecule has 4 aromatic carbocycles. The number of aliphatic hydroxyl groups is 1. The second kappa shape index (κ2) is 19.7. The van der Waals surface area contributed by atoms with Crippen LogP contribution in [0.1, 0.15) is 49.1 Å². The van der Waals surface area contributed by atoms with E-state index in [1.54, 1.807) is 12.1 Å². The van der Waals surface area contributed by atoms with Gasteiger partial charge in [-0.3, -0.25) is 0 Å². The third-order valence-corrected chi connectivity index (χ3v) is 13.4. The summed E-state index contributed by atoms with van der Waals surface area (Å²) in [4.78, 5) is 0. The highest BCUT2D eigenvalue weighted by atomic mass is 28.4. The molecular weight excluding hydrogens is 681 g/mol. The largest absolute Gasteiger partial charge is 0.485 e. The van der Waals surface area contributed by atoms with Crippen LogP contribution >= 0.6 is 0 Å². The van der Waals surface area contributed by atoms with E-state index in [1.807, 2.05) is 78.9 Å². The molecule has 0 fully saturated rings. The molecule has 11 heteroatoms. The van der Waals surface area contributed by atoms with E-state index in [0.29, 0.717) is 47.5 Å². The highest BCUT2D eigenvalue weighted by molar-refractivity contribution is 6.74. The Morgan fingerprint density at radius 1 is 0.596 bits per heavy atom. The molecule has 10 nitrogen and oxygen atoms in total. The Morgan fingerprint density at radius 2 is 1.10 bits per heavy atom. The molecule has 0 saturated heterocycles. The molecule has 0 aliphatic heterocycles. The first-order valence-corrected chi connectivity index (χ1v) is 20.2. The van der Waals surface area contributed by atoms with Crippen LogP contribution in [0.25, 0.3) is 0 Å². The monoisotopic (exact) mass is 734 g/mol. The van der Waals surface area contributed by atoms with Gasteiger partial charge in [0.15, 0.2) is 40.2 Å². The lowest BCUT2D eigenvalue weighted by molar-refractivity contribution is 0.0208. The van der Waals surface area contributed by atoms with Crippen molar-refractivity contribution in [3.05, 3.63) is 113 Å². The third-order valence-electron chi connectivity index (χ3n) is 8.91. The average Bonchev–Trinajstić information content (AvgIpc) is 3.14. The quantitative estimate of drug-likeness (QED) is 0.0663. The zero-order valence-electron chi connectivity index (χ0n) is 31.7. The molecule has 4 aromatic rings. The van der Waals surface area contributed by atoms with E-state index in [1.165, 1.54) is 21.3 Å². The van der Waals surface area contributed by atoms with Crippen molar-refractivity contribution in [2.24, 2.45) is 0 Å². The molecular formula is C41H54O10Si. The SMILES string of the molecule is COCOc1cc(OCOC)c(C[C@@H](O)[C@@H](O[Si](C)(C)C(C)(C)C)c2ccc(OCc3ccccc3)c(OCc3ccccc3)c2)c(OCOC)c1. The maximum absolute atomic E-state index is 12.3. The van der Waals surface area contributed by atoms with Crippen LogP contribution in [0.15, 0.2) is 91.0 Å². The first-order chi connectivity index (χ1) is 25.0. The van der Waals surface area contributed by atoms with E-state index in [-0.39, 0.29) is 31.8 Å². The minimum Gasteiger partial charge on any atom is -0.485 e. The average molecular weight is 735 g/mol. The van der Waals surface area contributed by atoms with Gasteiger partial charge in [-0.05, 0) is 47.0 Å². The van der Waals surface area contributed by atoms with E-state index in [0.717, 1.165) is 16.7 Å². The van der Waals surface area contributed by atoms with Gasteiger partial charge in [0.2, 0.25) is 0 Å². The van der Waals surface area contributed by atoms with Crippen LogP contribution in [0.4, 0.5) is 0 Å². The fraction of sp³-hybridized carbons (Fsp3) is 0.415. The van der Waals surface area contributed by atoms with E-state index >= 15 is 0 Å². The minimum absolute atomic E-state index is 0.0254. The summed E-state index contributed by atoms with van der Waals surface area (Å²) in [6.45, 7) is 11.5. The Morgan fingerprint density at radius 3 is 1.60 bits per heavy atom. The zero-order valence-corrected chi connectivity index (χ0v) is 32.7. The number of hydrogen-bond acceptors (Lipinski definition) is 10. The number of rotatable bonds is 21. The molecule has 0 aliphatic carbocycles. The molecule has 0 unspecified atom stereocenters. The zero-order chi connectivity index (χ0) is 37.6. The highest BCUT2D eigenvalue weighted by Crippen LogP contribution is 2.44. The number of ether oxygens (including phenoxy) is 8. The molecule has 0 saturated carbocycles. The van der Waals surface area contributed by atoms with Crippen LogP contribution < -0.4 is 23.7 Å². The standard InChI is InChI=1S/C41H54O10Si/c1-41(2,3)52(7,8)51-40(35(42)24-34-37(49-28-44-5)22-33(48-27-43-4)23-38(34)50-29-45-6)32-19-20-36(46-25-30-15-11-9-12-16-30)39(21-32)47-26-31-17-13-10-14-18-31/h9-23,35,40,42H,24-29H2,1-8H3/t35-,40+/m1/s1. The van der Waals surface area contributed by atoms with Gasteiger partial charge in [-0.25, -0.2) is 0 Å². The first kappa shape index (κ1) is 40.7. The molecule has 0 spiro atoms. The van der Waals surface area contributed by atoms with Crippen molar-refractivity contribution in [1.29, 1.82) is 0 Å². The molecule has 2 atom stereocenters. The molecule has 282 valence electrons. The van der Waals surface area contributed by atoms with E-state index in [4.69, 9.17) is 42.3 Å². The predicted molar refractivity (Wildman–Crippen MR) is 203 cm³/mol. The van der Waals surface area contributed by atoms with Crippen LogP contribution in [0, 0.1) is 0 Å². The summed E-state index contributed by atoms with van der Waals surface area (Å²) >= 11 is 0. The van der Waals surface area contributed by atoms with Crippen molar-refractivity contribution in [2.45, 2.75) is 70.7 Å². The van der Waals surface area contributed by atoms with Gasteiger partial charge in [0.25, 0.3) is 0 Å². The van der Waals surface area contributed by atoms with Gasteiger partial charge in [-0.2, -0.15) is 0 Å². The molecule has 1 N–H and O–H groups in total. The van der Waals surface area contributed by atoms with E-state index in [2.05, 4.69) is 33.9 Å². The second-order valence-corrected chi connectivity index (χ2v) is 18.6. The van der Waals surface area contributed by atoms with Gasteiger partial charge in [-0.1, -0.05) is 87.5 Å². The van der Waals surface area contributed by atoms with E-state index < -0.39 is 20.5 Å². The van der Waals surface area contributed by atoms with Crippen molar-refractivity contribution < 1.29 is 47.4 Å². The fourth-order valence-electron chi connectivity index (χ4n) is 5.09. The molecule has 0 amide bonds. The number of benzene rings is 4. The molecule has 0 aliphatic rings. The first-order valence-electron chi connectivity index (χ1n) is 17.3. The molecule has 52 heavy (non-hydrogen) atoms. The van der Waals surface area contributed by atoms with Crippen molar-refractivity contribution in [3.8, 4) is 28.7 Å². The summed E-state index contributed by atoms with van der Waals surface area (Å²) in [5.74, 6) is 2.42. The van der Waals surface area contributed by atoms with Crippen LogP contribution in [-0.2, 0) is 38.3 Å². The summed E-state index contributed by atoms with van der Waals surface area (Å²) in [5, 5.41) is 12.1. The summed E-state index contributed by atoms with van der Waals surface area (Å²) in [6, 6.07) is 29.1. The van der Waals surface area contributed by atoms with Crippen molar-refractivity contribution in [3.63, 3.8) is 0 Å². The van der Waals surface area contributed by atoms with Gasteiger partial charge in [-0.15, -0.1) is 0 Å². The number of methoxy groups -OCH3 is 3. The van der Waals surface area contributed by atoms with Crippen LogP contribution in [0.5, 0.6) is 28.7 Å². The van der Waals surface area contributed by atoms with Gasteiger partial charge >= 0.3 is 0 Å². The van der Waals surface area contributed by atoms with Gasteiger partial charge in [0, 0.05) is 45.4 Å². The van der Waals surface area contributed by atoms with Gasteiger partial charge in [0.05, 0.1) is 12.2 Å². The lowest BCUT2D eigenvalue weighted by Gasteiger charge is -2.41. The second-order valence-electron chi connectivity index (χ2n) is 13.9. The van der Waals surface area contributed by atoms with Crippen molar-refractivity contribution in [1.82, 2.24) is 0 Å². The Hall–Kier alpha value is -4.10. The van der Waals surface area contributed by atoms with Crippen molar-refractivity contribution >= 4 is 8.32 Å². The molecule has 0 aromatic heterocycles. The Balaban J connectivity index is 1.77. The summed E-state index contributed by atoms with van der Waals surface area (Å²) in [6.07, 6.45) is -1.69. The van der Waals surface area contributed by atoms with Crippen LogP contribution in [-0.4, -0.2) is 61.2 Å². The minimum atomic E-state index is -2.45. The Labute approximate surface area is 309 Å². The molecule has 0 radical (unpaired) electrons. The van der Waals surface area contributed by atoms with Gasteiger partial charge in [0.1, 0.15) is 30.5 Å².